The third-order valence-corrected chi connectivity index (χ3v) is 4.84. The van der Waals surface area contributed by atoms with E-state index in [1.807, 2.05) is 36.8 Å². The second-order valence-corrected chi connectivity index (χ2v) is 6.68. The van der Waals surface area contributed by atoms with Crippen LogP contribution in [-0.2, 0) is 13.0 Å². The molecule has 0 saturated carbocycles. The molecule has 2 heterocycles. The molecule has 1 aliphatic heterocycles. The van der Waals surface area contributed by atoms with Gasteiger partial charge in [-0.3, -0.25) is 14.5 Å². The maximum atomic E-state index is 12.5. The van der Waals surface area contributed by atoms with Gasteiger partial charge in [-0.2, -0.15) is 0 Å². The Morgan fingerprint density at radius 3 is 2.27 bits per heavy atom. The molecule has 4 rings (SSSR count). The van der Waals surface area contributed by atoms with Crippen molar-refractivity contribution in [2.45, 2.75) is 13.0 Å². The van der Waals surface area contributed by atoms with Gasteiger partial charge in [0.1, 0.15) is 18.4 Å². The van der Waals surface area contributed by atoms with Gasteiger partial charge in [-0.1, -0.05) is 35.9 Å². The van der Waals surface area contributed by atoms with E-state index in [9.17, 15) is 9.59 Å². The summed E-state index contributed by atoms with van der Waals surface area (Å²) in [6.45, 7) is 1.04. The van der Waals surface area contributed by atoms with Crippen LogP contribution in [0.15, 0.2) is 61.1 Å². The van der Waals surface area contributed by atoms with E-state index in [1.165, 1.54) is 4.90 Å². The van der Waals surface area contributed by atoms with Crippen molar-refractivity contribution >= 4 is 23.4 Å². The largest absolute Gasteiger partial charge is 0.274 e. The highest BCUT2D eigenvalue weighted by atomic mass is 35.5. The van der Waals surface area contributed by atoms with Crippen molar-refractivity contribution in [3.8, 4) is 0 Å². The number of aromatic nitrogens is 2. The predicted octanol–water partition coefficient (Wildman–Crippen LogP) is 2.84. The Balaban J connectivity index is 1.47. The molecule has 2 amide bonds. The van der Waals surface area contributed by atoms with Crippen LogP contribution in [0, 0.1) is 0 Å². The SMILES string of the molecule is O=C1c2ccccc2C(=O)N1CCc1c[nH]c[n+]1Cc1ccc(Cl)cc1. The number of imide groups is 1. The first kappa shape index (κ1) is 16.5. The van der Waals surface area contributed by atoms with E-state index in [2.05, 4.69) is 9.55 Å². The molecule has 0 atom stereocenters. The molecule has 0 spiro atoms. The second kappa shape index (κ2) is 6.77. The molecule has 2 aromatic carbocycles. The molecule has 1 N–H and O–H groups in total. The van der Waals surface area contributed by atoms with Crippen LogP contribution in [0.3, 0.4) is 0 Å². The average molecular weight is 367 g/mol. The molecule has 26 heavy (non-hydrogen) atoms. The van der Waals surface area contributed by atoms with Gasteiger partial charge < -0.3 is 0 Å². The molecule has 5 nitrogen and oxygen atoms in total. The van der Waals surface area contributed by atoms with Gasteiger partial charge in [-0.25, -0.2) is 9.55 Å². The van der Waals surface area contributed by atoms with Crippen molar-refractivity contribution in [3.05, 3.63) is 88.5 Å². The number of aromatic amines is 1. The minimum absolute atomic E-state index is 0.217. The van der Waals surface area contributed by atoms with E-state index in [4.69, 9.17) is 11.6 Å². The number of benzene rings is 2. The summed E-state index contributed by atoms with van der Waals surface area (Å²) in [5.74, 6) is -0.434. The number of imidazole rings is 1. The lowest BCUT2D eigenvalue weighted by Crippen LogP contribution is -2.39. The fraction of sp³-hybridized carbons (Fsp3) is 0.150. The average Bonchev–Trinajstić information content (AvgIpc) is 3.19. The number of halogens is 1. The van der Waals surface area contributed by atoms with E-state index >= 15 is 0 Å². The molecule has 0 fully saturated rings. The third-order valence-electron chi connectivity index (χ3n) is 4.59. The summed E-state index contributed by atoms with van der Waals surface area (Å²) >= 11 is 5.93. The molecule has 3 aromatic rings. The van der Waals surface area contributed by atoms with Crippen molar-refractivity contribution in [1.82, 2.24) is 9.88 Å². The monoisotopic (exact) mass is 366 g/mol. The van der Waals surface area contributed by atoms with Crippen LogP contribution in [0.4, 0.5) is 0 Å². The summed E-state index contributed by atoms with van der Waals surface area (Å²) in [6, 6.07) is 14.6. The van der Waals surface area contributed by atoms with Crippen molar-refractivity contribution < 1.29 is 14.2 Å². The van der Waals surface area contributed by atoms with Crippen LogP contribution in [0.1, 0.15) is 32.0 Å². The normalized spacial score (nSPS) is 13.3. The molecule has 0 saturated heterocycles. The van der Waals surface area contributed by atoms with Crippen LogP contribution in [0.2, 0.25) is 5.02 Å². The number of carbonyl (C=O) groups excluding carboxylic acids is 2. The third kappa shape index (κ3) is 3.02. The van der Waals surface area contributed by atoms with Gasteiger partial charge in [0.25, 0.3) is 11.8 Å². The summed E-state index contributed by atoms with van der Waals surface area (Å²) in [5, 5.41) is 0.707. The van der Waals surface area contributed by atoms with Crippen molar-refractivity contribution in [2.24, 2.45) is 0 Å². The fourth-order valence-corrected chi connectivity index (χ4v) is 3.33. The summed E-state index contributed by atoms with van der Waals surface area (Å²) < 4.78 is 2.07. The first-order valence-electron chi connectivity index (χ1n) is 8.38. The Bertz CT molecular complexity index is 944. The number of H-pyrrole nitrogens is 1. The number of fused-ring (bicyclic) bond motifs is 1. The number of amides is 2. The molecule has 0 bridgehead atoms. The zero-order valence-electron chi connectivity index (χ0n) is 14.0. The molecule has 0 unspecified atom stereocenters. The van der Waals surface area contributed by atoms with Crippen molar-refractivity contribution in [2.75, 3.05) is 6.54 Å². The highest BCUT2D eigenvalue weighted by Crippen LogP contribution is 2.22. The van der Waals surface area contributed by atoms with E-state index in [0.717, 1.165) is 11.3 Å². The van der Waals surface area contributed by atoms with Gasteiger partial charge in [-0.05, 0) is 29.8 Å². The summed E-state index contributed by atoms with van der Waals surface area (Å²) in [4.78, 5) is 29.3. The quantitative estimate of drug-likeness (QED) is 0.557. The maximum Gasteiger partial charge on any atom is 0.261 e. The Labute approximate surface area is 155 Å². The van der Waals surface area contributed by atoms with E-state index < -0.39 is 0 Å². The number of rotatable bonds is 5. The fourth-order valence-electron chi connectivity index (χ4n) is 3.21. The molecule has 130 valence electrons. The number of nitrogens with one attached hydrogen (secondary N) is 1. The molecule has 1 aromatic heterocycles. The lowest BCUT2D eigenvalue weighted by Gasteiger charge is -2.12. The molecule has 6 heteroatoms. The van der Waals surface area contributed by atoms with Crippen LogP contribution < -0.4 is 4.57 Å². The van der Waals surface area contributed by atoms with Crippen molar-refractivity contribution in [1.29, 1.82) is 0 Å². The first-order valence-corrected chi connectivity index (χ1v) is 8.76. The first-order chi connectivity index (χ1) is 12.6. The van der Waals surface area contributed by atoms with E-state index in [1.54, 1.807) is 24.3 Å². The second-order valence-electron chi connectivity index (χ2n) is 6.24. The highest BCUT2D eigenvalue weighted by Gasteiger charge is 2.35. The summed E-state index contributed by atoms with van der Waals surface area (Å²) in [6.07, 6.45) is 4.36. The number of nitrogens with zero attached hydrogens (tertiary/aromatic N) is 2. The maximum absolute atomic E-state index is 12.5. The van der Waals surface area contributed by atoms with Gasteiger partial charge in [-0.15, -0.1) is 0 Å². The van der Waals surface area contributed by atoms with Crippen LogP contribution in [0.25, 0.3) is 0 Å². The Morgan fingerprint density at radius 2 is 1.62 bits per heavy atom. The minimum Gasteiger partial charge on any atom is -0.274 e. The predicted molar refractivity (Wildman–Crippen MR) is 97.1 cm³/mol. The lowest BCUT2D eigenvalue weighted by atomic mass is 10.1. The van der Waals surface area contributed by atoms with Gasteiger partial charge in [0.2, 0.25) is 6.33 Å². The van der Waals surface area contributed by atoms with Gasteiger partial charge in [0.05, 0.1) is 11.1 Å². The Hall–Kier alpha value is -2.92. The molecule has 0 aliphatic carbocycles. The van der Waals surface area contributed by atoms with E-state index in [0.29, 0.717) is 35.7 Å². The summed E-state index contributed by atoms with van der Waals surface area (Å²) in [7, 11) is 0. The van der Waals surface area contributed by atoms with Crippen molar-refractivity contribution in [3.63, 3.8) is 0 Å². The van der Waals surface area contributed by atoms with Gasteiger partial charge >= 0.3 is 0 Å². The molecule has 0 radical (unpaired) electrons. The zero-order chi connectivity index (χ0) is 18.1. The van der Waals surface area contributed by atoms with Crippen LogP contribution >= 0.6 is 11.6 Å². The van der Waals surface area contributed by atoms with E-state index in [-0.39, 0.29) is 11.8 Å². The van der Waals surface area contributed by atoms with Gasteiger partial charge in [0, 0.05) is 18.0 Å². The standard InChI is InChI=1S/C20H16ClN3O2/c21-15-7-5-14(6-8-15)12-23-13-22-11-16(23)9-10-24-19(25)17-3-1-2-4-18(17)20(24)26/h1-8,11,13H,9-10,12H2/p+1. The Kier molecular flexibility index (Phi) is 4.31. The number of carbonyl (C=O) groups is 2. The molecular weight excluding hydrogens is 350 g/mol. The van der Waals surface area contributed by atoms with Gasteiger partial charge in [0.15, 0.2) is 0 Å². The number of hydrogen-bond donors (Lipinski definition) is 1. The minimum atomic E-state index is -0.217. The smallest absolute Gasteiger partial charge is 0.261 e. The summed E-state index contributed by atoms with van der Waals surface area (Å²) in [5.41, 5.74) is 3.12. The molecular formula is C20H17ClN3O2+. The number of hydrogen-bond acceptors (Lipinski definition) is 2. The zero-order valence-corrected chi connectivity index (χ0v) is 14.7. The van der Waals surface area contributed by atoms with Crippen LogP contribution in [0.5, 0.6) is 0 Å². The Morgan fingerprint density at radius 1 is 0.962 bits per heavy atom. The topological polar surface area (TPSA) is 57.1 Å². The highest BCUT2D eigenvalue weighted by molar-refractivity contribution is 6.30. The van der Waals surface area contributed by atoms with Crippen LogP contribution in [-0.4, -0.2) is 28.2 Å². The lowest BCUT2D eigenvalue weighted by molar-refractivity contribution is -0.694. The molecule has 1 aliphatic rings.